The molecule has 0 aromatic carbocycles. The van der Waals surface area contributed by atoms with Crippen LogP contribution in [0.5, 0.6) is 0 Å². The monoisotopic (exact) mass is 186 g/mol. The third-order valence-corrected chi connectivity index (χ3v) is 0.664. The quantitative estimate of drug-likeness (QED) is 0.465. The van der Waals surface area contributed by atoms with Crippen LogP contribution in [-0.2, 0) is 23.9 Å². The van der Waals surface area contributed by atoms with Crippen LogP contribution in [0.2, 0.25) is 0 Å². The van der Waals surface area contributed by atoms with Crippen LogP contribution >= 0.6 is 10.6 Å². The van der Waals surface area contributed by atoms with Crippen LogP contribution < -0.4 is 0 Å². The van der Waals surface area contributed by atoms with Gasteiger partial charge in [0.25, 0.3) is 0 Å². The summed E-state index contributed by atoms with van der Waals surface area (Å²) in [6.07, 6.45) is -0.0648. The molecule has 0 rings (SSSR count). The summed E-state index contributed by atoms with van der Waals surface area (Å²) in [4.78, 5) is 0. The normalized spacial score (nSPS) is 7.22. The van der Waals surface area contributed by atoms with Crippen LogP contribution in [0.25, 0.3) is 0 Å². The first kappa shape index (κ1) is 16.7. The van der Waals surface area contributed by atoms with Gasteiger partial charge in [-0.1, -0.05) is 0 Å². The van der Waals surface area contributed by atoms with E-state index in [0.29, 0.717) is 0 Å². The molecule has 5 heteroatoms. The van der Waals surface area contributed by atoms with E-state index in [4.69, 9.17) is 0 Å². The second-order valence-electron chi connectivity index (χ2n) is 1.04. The summed E-state index contributed by atoms with van der Waals surface area (Å²) >= 11 is 2.83. The fraction of sp³-hybridized carbons (Fsp3) is 1.00. The Morgan fingerprint density at radius 3 is 1.44 bits per heavy atom. The van der Waals surface area contributed by atoms with E-state index < -0.39 is 0 Å². The molecule has 0 bridgehead atoms. The zero-order chi connectivity index (χ0) is 6.99. The molecule has 0 radical (unpaired) electrons. The Morgan fingerprint density at radius 1 is 1.22 bits per heavy atom. The Kier molecular flexibility index (Phi) is 29.9. The van der Waals surface area contributed by atoms with Crippen LogP contribution in [-0.4, -0.2) is 39.4 Å². The summed E-state index contributed by atoms with van der Waals surface area (Å²) in [6, 6.07) is 0. The van der Waals surface area contributed by atoms with Gasteiger partial charge in [-0.05, 0) is 6.92 Å². The number of hydrogen-bond donors (Lipinski definition) is 0. The van der Waals surface area contributed by atoms with Crippen molar-refractivity contribution in [2.75, 3.05) is 14.2 Å². The predicted octanol–water partition coefficient (Wildman–Crippen LogP) is 0.622. The summed E-state index contributed by atoms with van der Waals surface area (Å²) < 4.78 is 9.35. The van der Waals surface area contributed by atoms with E-state index in [1.165, 1.54) is 0 Å². The van der Waals surface area contributed by atoms with Gasteiger partial charge < -0.3 is 9.47 Å². The van der Waals surface area contributed by atoms with E-state index in [2.05, 4.69) is 34.4 Å². The number of methoxy groups -OCH3 is 2. The third-order valence-electron chi connectivity index (χ3n) is 0.664. The number of ether oxygens (including phenoxy) is 2. The van der Waals surface area contributed by atoms with Crippen molar-refractivity contribution in [3.63, 3.8) is 0 Å². The van der Waals surface area contributed by atoms with Crippen molar-refractivity contribution in [1.82, 2.24) is 0 Å². The Balaban J connectivity index is -0.000000109. The molecule has 0 unspecified atom stereocenters. The van der Waals surface area contributed by atoms with Gasteiger partial charge in [0.15, 0.2) is 6.29 Å². The molecule has 0 aliphatic rings. The molecule has 0 aromatic rings. The van der Waals surface area contributed by atoms with Gasteiger partial charge in [0.1, 0.15) is 0 Å². The maximum atomic E-state index is 4.68. The summed E-state index contributed by atoms with van der Waals surface area (Å²) in [5, 5.41) is 0. The van der Waals surface area contributed by atoms with Gasteiger partial charge in [-0.2, -0.15) is 0 Å². The zero-order valence-electron chi connectivity index (χ0n) is 5.16. The topological polar surface area (TPSA) is 18.5 Å². The molecule has 2 nitrogen and oxygen atoms in total. The molecule has 0 heterocycles. The zero-order valence-corrected chi connectivity index (χ0v) is 7.08. The van der Waals surface area contributed by atoms with E-state index in [1.807, 2.05) is 6.92 Å². The van der Waals surface area contributed by atoms with E-state index in [-0.39, 0.29) is 25.2 Å². The van der Waals surface area contributed by atoms with Crippen molar-refractivity contribution in [2.45, 2.75) is 13.2 Å². The SMILES string of the molecule is COC(C)OC.[LiH].[S]=[Fe]. The summed E-state index contributed by atoms with van der Waals surface area (Å²) in [5.41, 5.74) is 0. The van der Waals surface area contributed by atoms with Crippen molar-refractivity contribution in [3.05, 3.63) is 0 Å². The first-order valence-corrected chi connectivity index (χ1v) is 3.65. The molecule has 0 saturated heterocycles. The Morgan fingerprint density at radius 2 is 1.44 bits per heavy atom. The van der Waals surface area contributed by atoms with Crippen LogP contribution in [0.15, 0.2) is 0 Å². The van der Waals surface area contributed by atoms with Crippen molar-refractivity contribution in [2.24, 2.45) is 0 Å². The maximum absolute atomic E-state index is 4.68. The van der Waals surface area contributed by atoms with Gasteiger partial charge in [-0.25, -0.2) is 0 Å². The van der Waals surface area contributed by atoms with Crippen LogP contribution in [0.4, 0.5) is 0 Å². The predicted molar refractivity (Wildman–Crippen MR) is 38.2 cm³/mol. The van der Waals surface area contributed by atoms with Gasteiger partial charge in [0.2, 0.25) is 0 Å². The van der Waals surface area contributed by atoms with E-state index in [1.54, 1.807) is 14.2 Å². The molecular weight excluding hydrogens is 175 g/mol. The van der Waals surface area contributed by atoms with Crippen LogP contribution in [0.3, 0.4) is 0 Å². The van der Waals surface area contributed by atoms with E-state index in [0.717, 1.165) is 0 Å². The van der Waals surface area contributed by atoms with Crippen molar-refractivity contribution in [1.29, 1.82) is 0 Å². The van der Waals surface area contributed by atoms with Gasteiger partial charge >= 0.3 is 43.8 Å². The Labute approximate surface area is 80.5 Å². The minimum absolute atomic E-state index is 0. The summed E-state index contributed by atoms with van der Waals surface area (Å²) in [7, 11) is 7.04. The second kappa shape index (κ2) is 16.1. The first-order valence-electron chi connectivity index (χ1n) is 2.01. The number of hydrogen-bond acceptors (Lipinski definition) is 3. The molecule has 9 heavy (non-hydrogen) atoms. The fourth-order valence-electron chi connectivity index (χ4n) is 0.0962. The fourth-order valence-corrected chi connectivity index (χ4v) is 0.0962. The Hall–Kier alpha value is 1.26. The van der Waals surface area contributed by atoms with E-state index >= 15 is 0 Å². The average Bonchev–Trinajstić information content (AvgIpc) is 1.91. The van der Waals surface area contributed by atoms with Crippen LogP contribution in [0.1, 0.15) is 6.92 Å². The minimum atomic E-state index is -0.0648. The van der Waals surface area contributed by atoms with E-state index in [9.17, 15) is 0 Å². The molecule has 0 N–H and O–H groups in total. The average molecular weight is 186 g/mol. The third kappa shape index (κ3) is 17.6. The van der Waals surface area contributed by atoms with Gasteiger partial charge in [0.05, 0.1) is 0 Å². The van der Waals surface area contributed by atoms with Crippen molar-refractivity contribution >= 4 is 29.4 Å². The molecule has 0 spiro atoms. The molecule has 0 amide bonds. The molecule has 0 atom stereocenters. The van der Waals surface area contributed by atoms with Crippen molar-refractivity contribution in [3.8, 4) is 0 Å². The van der Waals surface area contributed by atoms with Gasteiger partial charge in [0, 0.05) is 14.2 Å². The molecule has 0 aliphatic heterocycles. The molecule has 0 aromatic heterocycles. The molecular formula is C4H11FeLiO2S. The standard InChI is InChI=1S/C4H10O2.Fe.Li.S.H/c1-4(5-2)6-3;;;;/h4H,1-3H3;;;;. The second-order valence-corrected chi connectivity index (χ2v) is 1.04. The summed E-state index contributed by atoms with van der Waals surface area (Å²) in [6.45, 7) is 1.83. The molecule has 54 valence electrons. The Bertz CT molecular complexity index is 45.5. The van der Waals surface area contributed by atoms with Crippen molar-refractivity contribution < 1.29 is 23.9 Å². The molecule has 0 saturated carbocycles. The molecule has 0 aliphatic carbocycles. The number of rotatable bonds is 2. The summed E-state index contributed by atoms with van der Waals surface area (Å²) in [5.74, 6) is 0. The van der Waals surface area contributed by atoms with Gasteiger partial charge in [-0.15, -0.1) is 0 Å². The van der Waals surface area contributed by atoms with Gasteiger partial charge in [-0.3, -0.25) is 0 Å². The molecule has 0 fully saturated rings. The first-order chi connectivity index (χ1) is 3.81. The van der Waals surface area contributed by atoms with Crippen LogP contribution in [0, 0.1) is 0 Å².